The molecule has 188 valence electrons. The maximum Gasteiger partial charge on any atom is 0.408 e. The highest BCUT2D eigenvalue weighted by molar-refractivity contribution is 5.84. The fourth-order valence-corrected chi connectivity index (χ4v) is 3.52. The predicted molar refractivity (Wildman–Crippen MR) is 111 cm³/mol. The number of carbonyl (C=O) groups excluding carboxylic acids is 3. The molecule has 0 aromatic carbocycles. The van der Waals surface area contributed by atoms with Crippen LogP contribution in [0.4, 0.5) is 4.79 Å². The molecule has 13 nitrogen and oxygen atoms in total. The standard InChI is InChI=1S/C20H33N3O10/c1-19(2,3)33-18(28)22-8-12(25)23-10(7-11(24)21-9-13(26)27)14-15(29-6)16-17(30-14)32-20(4,5)31-16/h10,14-17H,7-9H2,1-6H3,(H,21,24)(H,22,28)(H,23,25)(H,26,27)/t10-,14+,15-,16+,17+/m0/s1. The first-order chi connectivity index (χ1) is 15.2. The average molecular weight is 475 g/mol. The van der Waals surface area contributed by atoms with Gasteiger partial charge >= 0.3 is 12.1 Å². The van der Waals surface area contributed by atoms with Gasteiger partial charge in [0.15, 0.2) is 12.1 Å². The Labute approximate surface area is 191 Å². The van der Waals surface area contributed by atoms with E-state index >= 15 is 0 Å². The number of aliphatic carboxylic acids is 1. The van der Waals surface area contributed by atoms with Crippen LogP contribution in [0.5, 0.6) is 0 Å². The van der Waals surface area contributed by atoms with E-state index in [1.807, 2.05) is 0 Å². The molecule has 4 N–H and O–H groups in total. The van der Waals surface area contributed by atoms with Crippen LogP contribution < -0.4 is 16.0 Å². The first-order valence-electron chi connectivity index (χ1n) is 10.5. The molecule has 2 rings (SSSR count). The molecular formula is C20H33N3O10. The molecule has 0 saturated carbocycles. The molecule has 2 fully saturated rings. The molecule has 0 aromatic heterocycles. The lowest BCUT2D eigenvalue weighted by Crippen LogP contribution is -2.54. The fourth-order valence-electron chi connectivity index (χ4n) is 3.52. The number of hydrogen-bond acceptors (Lipinski definition) is 9. The van der Waals surface area contributed by atoms with Gasteiger partial charge in [-0.15, -0.1) is 0 Å². The largest absolute Gasteiger partial charge is 0.480 e. The molecule has 2 heterocycles. The van der Waals surface area contributed by atoms with Gasteiger partial charge in [-0.3, -0.25) is 14.4 Å². The van der Waals surface area contributed by atoms with Crippen LogP contribution in [0.1, 0.15) is 41.0 Å². The molecule has 0 aromatic rings. The van der Waals surface area contributed by atoms with Crippen molar-refractivity contribution in [2.75, 3.05) is 20.2 Å². The van der Waals surface area contributed by atoms with Crippen LogP contribution in [0.2, 0.25) is 0 Å². The van der Waals surface area contributed by atoms with E-state index in [1.165, 1.54) is 7.11 Å². The Kier molecular flexibility index (Phi) is 8.63. The minimum Gasteiger partial charge on any atom is -0.480 e. The minimum atomic E-state index is -1.21. The highest BCUT2D eigenvalue weighted by atomic mass is 16.8. The highest BCUT2D eigenvalue weighted by Crippen LogP contribution is 2.39. The van der Waals surface area contributed by atoms with Gasteiger partial charge in [0.25, 0.3) is 0 Å². The van der Waals surface area contributed by atoms with E-state index in [-0.39, 0.29) is 6.42 Å². The summed E-state index contributed by atoms with van der Waals surface area (Å²) in [5, 5.41) is 16.0. The van der Waals surface area contributed by atoms with E-state index < -0.39 is 79.0 Å². The zero-order chi connectivity index (χ0) is 25.0. The predicted octanol–water partition coefficient (Wildman–Crippen LogP) is -0.522. The van der Waals surface area contributed by atoms with Crippen molar-refractivity contribution in [3.8, 4) is 0 Å². The number of carbonyl (C=O) groups is 4. The van der Waals surface area contributed by atoms with Crippen molar-refractivity contribution in [3.63, 3.8) is 0 Å². The first-order valence-corrected chi connectivity index (χ1v) is 10.5. The van der Waals surface area contributed by atoms with Crippen molar-refractivity contribution in [2.24, 2.45) is 0 Å². The maximum absolute atomic E-state index is 12.5. The lowest BCUT2D eigenvalue weighted by Gasteiger charge is -2.30. The van der Waals surface area contributed by atoms with Crippen molar-refractivity contribution in [3.05, 3.63) is 0 Å². The van der Waals surface area contributed by atoms with Crippen molar-refractivity contribution >= 4 is 23.9 Å². The second kappa shape index (κ2) is 10.6. The summed E-state index contributed by atoms with van der Waals surface area (Å²) in [6.45, 7) is 7.49. The third-order valence-electron chi connectivity index (χ3n) is 4.68. The minimum absolute atomic E-state index is 0.307. The van der Waals surface area contributed by atoms with Crippen molar-refractivity contribution < 1.29 is 48.0 Å². The van der Waals surface area contributed by atoms with Crippen LogP contribution in [0.3, 0.4) is 0 Å². The van der Waals surface area contributed by atoms with Crippen LogP contribution in [0, 0.1) is 0 Å². The van der Waals surface area contributed by atoms with Gasteiger partial charge in [-0.1, -0.05) is 0 Å². The number of carboxylic acid groups (broad SMARTS) is 1. The molecule has 0 aliphatic carbocycles. The Morgan fingerprint density at radius 3 is 2.30 bits per heavy atom. The normalized spacial score (nSPS) is 26.7. The van der Waals surface area contributed by atoms with Crippen LogP contribution >= 0.6 is 0 Å². The van der Waals surface area contributed by atoms with Crippen LogP contribution in [0.25, 0.3) is 0 Å². The number of nitrogens with one attached hydrogen (secondary N) is 3. The van der Waals surface area contributed by atoms with Gasteiger partial charge < -0.3 is 44.7 Å². The summed E-state index contributed by atoms with van der Waals surface area (Å²) in [5.41, 5.74) is -0.736. The van der Waals surface area contributed by atoms with E-state index in [1.54, 1.807) is 34.6 Å². The number of amides is 3. The first kappa shape index (κ1) is 26.8. The molecule has 3 amide bonds. The summed E-state index contributed by atoms with van der Waals surface area (Å²) in [5.74, 6) is -3.35. The van der Waals surface area contributed by atoms with Crippen LogP contribution in [-0.2, 0) is 38.1 Å². The summed E-state index contributed by atoms with van der Waals surface area (Å²) in [7, 11) is 1.44. The molecule has 2 aliphatic rings. The topological polar surface area (TPSA) is 171 Å². The third-order valence-corrected chi connectivity index (χ3v) is 4.68. The van der Waals surface area contributed by atoms with Gasteiger partial charge in [-0.2, -0.15) is 0 Å². The van der Waals surface area contributed by atoms with Crippen molar-refractivity contribution in [1.29, 1.82) is 0 Å². The van der Waals surface area contributed by atoms with Gasteiger partial charge in [0.2, 0.25) is 11.8 Å². The Morgan fingerprint density at radius 2 is 1.73 bits per heavy atom. The van der Waals surface area contributed by atoms with Crippen LogP contribution in [0.15, 0.2) is 0 Å². The molecule has 5 atom stereocenters. The van der Waals surface area contributed by atoms with E-state index in [2.05, 4.69) is 16.0 Å². The van der Waals surface area contributed by atoms with Gasteiger partial charge in [0.05, 0.1) is 6.04 Å². The number of rotatable bonds is 9. The lowest BCUT2D eigenvalue weighted by molar-refractivity contribution is -0.220. The molecule has 33 heavy (non-hydrogen) atoms. The van der Waals surface area contributed by atoms with E-state index in [0.29, 0.717) is 0 Å². The van der Waals surface area contributed by atoms with E-state index in [4.69, 9.17) is 28.8 Å². The Balaban J connectivity index is 2.07. The Hall–Kier alpha value is -2.48. The second-order valence-electron chi connectivity index (χ2n) is 9.17. The van der Waals surface area contributed by atoms with Gasteiger partial charge in [-0.25, -0.2) is 4.79 Å². The zero-order valence-corrected chi connectivity index (χ0v) is 19.6. The van der Waals surface area contributed by atoms with Crippen LogP contribution in [-0.4, -0.2) is 91.2 Å². The van der Waals surface area contributed by atoms with E-state index in [9.17, 15) is 19.2 Å². The number of ether oxygens (including phenoxy) is 5. The van der Waals surface area contributed by atoms with Crippen molar-refractivity contribution in [1.82, 2.24) is 16.0 Å². The molecule has 0 spiro atoms. The SMILES string of the molecule is CO[C@@H]1[C@H]2OC(C)(C)O[C@H]2O[C@@H]1[C@H](CC(=O)NCC(=O)O)NC(=O)CNC(=O)OC(C)(C)C. The molecule has 0 unspecified atom stereocenters. The summed E-state index contributed by atoms with van der Waals surface area (Å²) >= 11 is 0. The van der Waals surface area contributed by atoms with E-state index in [0.717, 1.165) is 0 Å². The molecule has 2 saturated heterocycles. The maximum atomic E-state index is 12.5. The molecule has 2 aliphatic heterocycles. The second-order valence-corrected chi connectivity index (χ2v) is 9.17. The Morgan fingerprint density at radius 1 is 1.06 bits per heavy atom. The molecule has 0 bridgehead atoms. The van der Waals surface area contributed by atoms with Gasteiger partial charge in [0, 0.05) is 13.5 Å². The number of hydrogen-bond donors (Lipinski definition) is 4. The lowest BCUT2D eigenvalue weighted by atomic mass is 10.00. The smallest absolute Gasteiger partial charge is 0.408 e. The Bertz CT molecular complexity index is 751. The summed E-state index contributed by atoms with van der Waals surface area (Å²) in [6.07, 6.45) is -4.00. The summed E-state index contributed by atoms with van der Waals surface area (Å²) in [4.78, 5) is 47.4. The molecule has 0 radical (unpaired) electrons. The number of carboxylic acids is 1. The molecule has 13 heteroatoms. The zero-order valence-electron chi connectivity index (χ0n) is 19.6. The average Bonchev–Trinajstić information content (AvgIpc) is 3.14. The third kappa shape index (κ3) is 8.11. The fraction of sp³-hybridized carbons (Fsp3) is 0.800. The van der Waals surface area contributed by atoms with Gasteiger partial charge in [-0.05, 0) is 34.6 Å². The highest BCUT2D eigenvalue weighted by Gasteiger charge is 2.57. The van der Waals surface area contributed by atoms with Gasteiger partial charge in [0.1, 0.15) is 37.0 Å². The number of alkyl carbamates (subject to hydrolysis) is 1. The molecular weight excluding hydrogens is 442 g/mol. The van der Waals surface area contributed by atoms with Crippen molar-refractivity contribution in [2.45, 2.75) is 83.1 Å². The summed E-state index contributed by atoms with van der Waals surface area (Å²) < 4.78 is 28.1. The number of methoxy groups -OCH3 is 1. The quantitative estimate of drug-likeness (QED) is 0.340. The monoisotopic (exact) mass is 475 g/mol. The number of fused-ring (bicyclic) bond motifs is 1. The summed E-state index contributed by atoms with van der Waals surface area (Å²) in [6, 6.07) is -0.933.